The SMILES string of the molecule is c1ccccc(-c2nc(NC3CCCCCCCCCC3)nc(NC3CCCCCCCC3)n2)cccc1. The summed E-state index contributed by atoms with van der Waals surface area (Å²) >= 11 is 0. The van der Waals surface area contributed by atoms with E-state index >= 15 is 0 Å². The number of aromatic nitrogens is 3. The molecular formula is C33H49N5. The summed E-state index contributed by atoms with van der Waals surface area (Å²) in [5.41, 5.74) is 0.992. The van der Waals surface area contributed by atoms with E-state index in [0.29, 0.717) is 24.0 Å². The molecule has 38 heavy (non-hydrogen) atoms. The van der Waals surface area contributed by atoms with E-state index in [0.717, 1.165) is 11.4 Å². The molecule has 206 valence electrons. The first-order valence-corrected chi connectivity index (χ1v) is 15.5. The molecule has 2 aromatic rings. The molecule has 1 aromatic carbocycles. The Morgan fingerprint density at radius 2 is 0.763 bits per heavy atom. The van der Waals surface area contributed by atoms with Gasteiger partial charge < -0.3 is 10.6 Å². The number of nitrogens with zero attached hydrogens (tertiary/aromatic N) is 3. The highest BCUT2D eigenvalue weighted by Gasteiger charge is 2.17. The predicted octanol–water partition coefficient (Wildman–Crippen LogP) is 9.27. The van der Waals surface area contributed by atoms with Gasteiger partial charge in [-0.25, -0.2) is 0 Å². The van der Waals surface area contributed by atoms with Crippen LogP contribution < -0.4 is 10.6 Å². The Hall–Kier alpha value is -2.69. The lowest BCUT2D eigenvalue weighted by molar-refractivity contribution is 0.532. The highest BCUT2D eigenvalue weighted by molar-refractivity contribution is 5.57. The van der Waals surface area contributed by atoms with Crippen LogP contribution in [0.1, 0.15) is 116 Å². The van der Waals surface area contributed by atoms with Crippen molar-refractivity contribution < 1.29 is 0 Å². The first kappa shape index (κ1) is 28.3. The third-order valence-corrected chi connectivity index (χ3v) is 7.99. The van der Waals surface area contributed by atoms with Crippen molar-refractivity contribution >= 4 is 11.9 Å². The van der Waals surface area contributed by atoms with Crippen LogP contribution in [0.4, 0.5) is 11.9 Å². The lowest BCUT2D eigenvalue weighted by atomic mass is 10.0. The van der Waals surface area contributed by atoms with Crippen molar-refractivity contribution in [1.82, 2.24) is 15.0 Å². The molecule has 0 radical (unpaired) electrons. The molecule has 4 rings (SSSR count). The molecular weight excluding hydrogens is 466 g/mol. The fourth-order valence-electron chi connectivity index (χ4n) is 5.75. The van der Waals surface area contributed by atoms with E-state index in [2.05, 4.69) is 34.9 Å². The van der Waals surface area contributed by atoms with Crippen LogP contribution in [0.3, 0.4) is 0 Å². The highest BCUT2D eigenvalue weighted by Crippen LogP contribution is 2.24. The number of hydrogen-bond donors (Lipinski definition) is 2. The molecule has 2 aliphatic carbocycles. The summed E-state index contributed by atoms with van der Waals surface area (Å²) in [4.78, 5) is 14.9. The zero-order valence-corrected chi connectivity index (χ0v) is 23.4. The second kappa shape index (κ2) is 17.0. The van der Waals surface area contributed by atoms with Gasteiger partial charge in [-0.1, -0.05) is 144 Å². The molecule has 2 fully saturated rings. The highest BCUT2D eigenvalue weighted by atomic mass is 15.2. The lowest BCUT2D eigenvalue weighted by Gasteiger charge is -2.21. The molecule has 5 nitrogen and oxygen atoms in total. The Kier molecular flexibility index (Phi) is 12.7. The smallest absolute Gasteiger partial charge is 0.228 e. The number of hydrogen-bond acceptors (Lipinski definition) is 5. The Labute approximate surface area is 231 Å². The number of rotatable bonds is 5. The summed E-state index contributed by atoms with van der Waals surface area (Å²) < 4.78 is 0. The van der Waals surface area contributed by atoms with E-state index in [1.807, 2.05) is 30.3 Å². The predicted molar refractivity (Wildman–Crippen MR) is 161 cm³/mol. The fourth-order valence-corrected chi connectivity index (χ4v) is 5.75. The van der Waals surface area contributed by atoms with Gasteiger partial charge in [-0.2, -0.15) is 15.0 Å². The van der Waals surface area contributed by atoms with E-state index in [9.17, 15) is 0 Å². The molecule has 2 N–H and O–H groups in total. The molecule has 0 atom stereocenters. The van der Waals surface area contributed by atoms with E-state index in [-0.39, 0.29) is 0 Å². The molecule has 0 amide bonds. The summed E-state index contributed by atoms with van der Waals surface area (Å²) in [5.74, 6) is 2.15. The van der Waals surface area contributed by atoms with Crippen LogP contribution in [0.15, 0.2) is 54.6 Å². The molecule has 1 heterocycles. The van der Waals surface area contributed by atoms with Gasteiger partial charge in [-0.3, -0.25) is 0 Å². The van der Waals surface area contributed by atoms with Gasteiger partial charge in [0.1, 0.15) is 0 Å². The van der Waals surface area contributed by atoms with E-state index in [1.165, 1.54) is 116 Å². The van der Waals surface area contributed by atoms with Crippen LogP contribution >= 0.6 is 0 Å². The third kappa shape index (κ3) is 10.6. The minimum absolute atomic E-state index is 0.419. The van der Waals surface area contributed by atoms with Crippen LogP contribution in [0.5, 0.6) is 0 Å². The van der Waals surface area contributed by atoms with E-state index in [4.69, 9.17) is 15.0 Å². The molecule has 0 spiro atoms. The van der Waals surface area contributed by atoms with Crippen LogP contribution in [-0.4, -0.2) is 27.0 Å². The molecule has 0 saturated heterocycles. The molecule has 2 aliphatic rings. The number of anilines is 2. The summed E-state index contributed by atoms with van der Waals surface area (Å²) in [5, 5.41) is 7.50. The Balaban J connectivity index is 1.60. The lowest BCUT2D eigenvalue weighted by Crippen LogP contribution is -2.24. The Morgan fingerprint density at radius 3 is 1.16 bits per heavy atom. The topological polar surface area (TPSA) is 62.7 Å². The van der Waals surface area contributed by atoms with Crippen molar-refractivity contribution in [3.63, 3.8) is 0 Å². The zero-order chi connectivity index (χ0) is 26.1. The monoisotopic (exact) mass is 515 g/mol. The summed E-state index contributed by atoms with van der Waals surface area (Å²) in [7, 11) is 0. The summed E-state index contributed by atoms with van der Waals surface area (Å²) in [6.45, 7) is 0. The maximum atomic E-state index is 4.96. The normalized spacial score (nSPS) is 19.1. The maximum Gasteiger partial charge on any atom is 0.228 e. The van der Waals surface area contributed by atoms with Crippen molar-refractivity contribution in [2.24, 2.45) is 0 Å². The van der Waals surface area contributed by atoms with Gasteiger partial charge in [0.25, 0.3) is 0 Å². The molecule has 5 heteroatoms. The van der Waals surface area contributed by atoms with Crippen molar-refractivity contribution in [1.29, 1.82) is 0 Å². The Bertz CT molecular complexity index is 945. The van der Waals surface area contributed by atoms with Gasteiger partial charge >= 0.3 is 0 Å². The van der Waals surface area contributed by atoms with Gasteiger partial charge in [0, 0.05) is 17.6 Å². The molecule has 1 aromatic heterocycles. The zero-order valence-electron chi connectivity index (χ0n) is 23.4. The van der Waals surface area contributed by atoms with Crippen LogP contribution in [0.25, 0.3) is 11.4 Å². The minimum Gasteiger partial charge on any atom is -0.351 e. The molecule has 0 unspecified atom stereocenters. The second-order valence-corrected chi connectivity index (χ2v) is 11.2. The second-order valence-electron chi connectivity index (χ2n) is 11.2. The molecule has 0 bridgehead atoms. The van der Waals surface area contributed by atoms with Crippen LogP contribution in [0, 0.1) is 0 Å². The average molecular weight is 516 g/mol. The van der Waals surface area contributed by atoms with Crippen LogP contribution in [0.2, 0.25) is 0 Å². The maximum absolute atomic E-state index is 4.96. The largest absolute Gasteiger partial charge is 0.351 e. The van der Waals surface area contributed by atoms with Crippen molar-refractivity contribution in [3.8, 4) is 11.4 Å². The van der Waals surface area contributed by atoms with Crippen molar-refractivity contribution in [3.05, 3.63) is 54.6 Å². The van der Waals surface area contributed by atoms with E-state index in [1.54, 1.807) is 0 Å². The molecule has 2 saturated carbocycles. The minimum atomic E-state index is 0.419. The van der Waals surface area contributed by atoms with Gasteiger partial charge in [0.2, 0.25) is 11.9 Å². The van der Waals surface area contributed by atoms with E-state index < -0.39 is 0 Å². The standard InChI is InChI=1S/C33H49N5/c1-2-7-13-19-25-29(24-18-12-6-1)34-32-36-31(28-22-16-10-4-3-5-11-17-23-28)37-33(38-32)35-30-26-20-14-8-9-15-21-27-30/h3-5,10-11,16-17,22-23,29-30H,1-2,6-9,12-15,18-21,24-27H2,(H2,34,35,36,37,38). The van der Waals surface area contributed by atoms with Gasteiger partial charge in [0.05, 0.1) is 0 Å². The third-order valence-electron chi connectivity index (χ3n) is 7.99. The summed E-state index contributed by atoms with van der Waals surface area (Å²) in [6, 6.07) is 19.3. The van der Waals surface area contributed by atoms with Crippen molar-refractivity contribution in [2.75, 3.05) is 10.6 Å². The first-order valence-electron chi connectivity index (χ1n) is 15.5. The first-order chi connectivity index (χ1) is 18.9. The van der Waals surface area contributed by atoms with Gasteiger partial charge in [-0.15, -0.1) is 0 Å². The van der Waals surface area contributed by atoms with Gasteiger partial charge in [0.15, 0.2) is 5.82 Å². The number of nitrogens with one attached hydrogen (secondary N) is 2. The quantitative estimate of drug-likeness (QED) is 0.415. The Morgan fingerprint density at radius 1 is 0.421 bits per heavy atom. The molecule has 0 aliphatic heterocycles. The summed E-state index contributed by atoms with van der Waals surface area (Å²) in [6.07, 6.45) is 23.5. The average Bonchev–Trinajstić information content (AvgIpc) is 3.01. The van der Waals surface area contributed by atoms with Crippen LogP contribution in [-0.2, 0) is 0 Å². The van der Waals surface area contributed by atoms with Gasteiger partial charge in [-0.05, 0) is 25.7 Å². The fraction of sp³-hybridized carbons (Fsp3) is 0.606. The van der Waals surface area contributed by atoms with Crippen molar-refractivity contribution in [2.45, 2.75) is 128 Å².